The lowest BCUT2D eigenvalue weighted by Gasteiger charge is -2.20. The molecule has 0 radical (unpaired) electrons. The second-order valence-corrected chi connectivity index (χ2v) is 10.1. The number of aromatic nitrogens is 1. The van der Waals surface area contributed by atoms with E-state index in [1.807, 2.05) is 54.9 Å². The lowest BCUT2D eigenvalue weighted by atomic mass is 10.1. The van der Waals surface area contributed by atoms with Crippen LogP contribution in [0.2, 0.25) is 0 Å². The van der Waals surface area contributed by atoms with Crippen molar-refractivity contribution in [3.8, 4) is 17.6 Å². The SMILES string of the molecule is COc1cc(/C=C2/SC(=S)N(n3c(C)ccc3C)C2=O)cc(Br)c1OCc1ccc(C#N)cc1. The van der Waals surface area contributed by atoms with Gasteiger partial charge in [0.1, 0.15) is 6.61 Å². The normalized spacial score (nSPS) is 14.6. The van der Waals surface area contributed by atoms with Crippen molar-refractivity contribution in [2.75, 3.05) is 12.1 Å². The maximum atomic E-state index is 13.2. The summed E-state index contributed by atoms with van der Waals surface area (Å²) >= 11 is 10.3. The molecule has 0 spiro atoms. The fourth-order valence-electron chi connectivity index (χ4n) is 3.55. The van der Waals surface area contributed by atoms with Gasteiger partial charge in [0.25, 0.3) is 5.91 Å². The fourth-order valence-corrected chi connectivity index (χ4v) is 5.37. The molecule has 1 saturated heterocycles. The Balaban J connectivity index is 1.58. The summed E-state index contributed by atoms with van der Waals surface area (Å²) < 4.78 is 14.6. The van der Waals surface area contributed by atoms with Crippen LogP contribution in [0.5, 0.6) is 11.5 Å². The van der Waals surface area contributed by atoms with E-state index in [2.05, 4.69) is 22.0 Å². The average Bonchev–Trinajstić information content (AvgIpc) is 3.29. The van der Waals surface area contributed by atoms with Crippen LogP contribution in [0.15, 0.2) is 57.9 Å². The van der Waals surface area contributed by atoms with Crippen molar-refractivity contribution in [2.24, 2.45) is 0 Å². The molecule has 3 aromatic rings. The van der Waals surface area contributed by atoms with Crippen LogP contribution in [-0.4, -0.2) is 22.0 Å². The third kappa shape index (κ3) is 4.75. The molecule has 34 heavy (non-hydrogen) atoms. The van der Waals surface area contributed by atoms with Gasteiger partial charge in [-0.2, -0.15) is 10.3 Å². The standard InChI is InChI=1S/C25H20BrN3O3S2/c1-15-4-5-16(2)28(15)29-24(30)22(34-25(29)33)12-19-10-20(26)23(21(11-19)31-3)32-14-18-8-6-17(13-27)7-9-18/h4-12H,14H2,1-3H3/b22-12+. The van der Waals surface area contributed by atoms with Gasteiger partial charge in [-0.3, -0.25) is 9.47 Å². The molecule has 2 aromatic carbocycles. The number of rotatable bonds is 6. The number of aryl methyl sites for hydroxylation is 2. The van der Waals surface area contributed by atoms with Gasteiger partial charge in [-0.15, -0.1) is 0 Å². The molecule has 1 aliphatic rings. The Morgan fingerprint density at radius 2 is 1.82 bits per heavy atom. The summed E-state index contributed by atoms with van der Waals surface area (Å²) in [7, 11) is 1.57. The number of methoxy groups -OCH3 is 1. The van der Waals surface area contributed by atoms with Crippen molar-refractivity contribution < 1.29 is 14.3 Å². The van der Waals surface area contributed by atoms with Crippen LogP contribution in [-0.2, 0) is 11.4 Å². The van der Waals surface area contributed by atoms with Crippen LogP contribution in [0.1, 0.15) is 28.1 Å². The van der Waals surface area contributed by atoms with Crippen molar-refractivity contribution in [3.05, 3.63) is 86.0 Å². The number of thioether (sulfide) groups is 1. The Morgan fingerprint density at radius 3 is 2.44 bits per heavy atom. The molecule has 172 valence electrons. The number of halogens is 1. The third-order valence-electron chi connectivity index (χ3n) is 5.22. The molecular formula is C25H20BrN3O3S2. The number of amides is 1. The van der Waals surface area contributed by atoms with E-state index in [1.165, 1.54) is 16.8 Å². The molecule has 2 heterocycles. The molecule has 1 fully saturated rings. The maximum Gasteiger partial charge on any atom is 0.285 e. The van der Waals surface area contributed by atoms with Crippen LogP contribution < -0.4 is 14.5 Å². The maximum absolute atomic E-state index is 13.2. The minimum Gasteiger partial charge on any atom is -0.493 e. The van der Waals surface area contributed by atoms with Gasteiger partial charge in [-0.1, -0.05) is 23.9 Å². The molecule has 0 bridgehead atoms. The highest BCUT2D eigenvalue weighted by Crippen LogP contribution is 2.39. The number of hydrogen-bond acceptors (Lipinski definition) is 6. The van der Waals surface area contributed by atoms with Crippen molar-refractivity contribution in [1.29, 1.82) is 5.26 Å². The Kier molecular flexibility index (Phi) is 7.12. The zero-order chi connectivity index (χ0) is 24.4. The molecule has 4 rings (SSSR count). The topological polar surface area (TPSA) is 67.5 Å². The van der Waals surface area contributed by atoms with Gasteiger partial charge in [-0.25, -0.2) is 0 Å². The fraction of sp³-hybridized carbons (Fsp3) is 0.160. The van der Waals surface area contributed by atoms with Crippen molar-refractivity contribution in [1.82, 2.24) is 4.68 Å². The second-order valence-electron chi connectivity index (χ2n) is 7.55. The number of benzene rings is 2. The van der Waals surface area contributed by atoms with Crippen LogP contribution in [0, 0.1) is 25.2 Å². The van der Waals surface area contributed by atoms with Gasteiger partial charge in [0.2, 0.25) is 0 Å². The molecule has 1 aliphatic heterocycles. The van der Waals surface area contributed by atoms with Gasteiger partial charge < -0.3 is 9.47 Å². The largest absolute Gasteiger partial charge is 0.493 e. The van der Waals surface area contributed by atoms with E-state index in [9.17, 15) is 4.79 Å². The first-order chi connectivity index (χ1) is 16.3. The van der Waals surface area contributed by atoms with Crippen LogP contribution in [0.4, 0.5) is 0 Å². The van der Waals surface area contributed by atoms with Crippen LogP contribution >= 0.6 is 39.9 Å². The highest BCUT2D eigenvalue weighted by Gasteiger charge is 2.34. The summed E-state index contributed by atoms with van der Waals surface area (Å²) in [5, 5.41) is 10.5. The summed E-state index contributed by atoms with van der Waals surface area (Å²) in [4.78, 5) is 13.7. The van der Waals surface area contributed by atoms with E-state index in [0.29, 0.717) is 37.4 Å². The zero-order valence-electron chi connectivity index (χ0n) is 18.7. The van der Waals surface area contributed by atoms with Gasteiger partial charge in [-0.05, 0) is 95.6 Å². The molecule has 9 heteroatoms. The number of nitrogens with zero attached hydrogens (tertiary/aromatic N) is 3. The van der Waals surface area contributed by atoms with Crippen molar-refractivity contribution >= 4 is 56.2 Å². The monoisotopic (exact) mass is 553 g/mol. The minimum atomic E-state index is -0.173. The summed E-state index contributed by atoms with van der Waals surface area (Å²) in [5.41, 5.74) is 4.16. The summed E-state index contributed by atoms with van der Waals surface area (Å²) in [5.74, 6) is 0.908. The Hall–Kier alpha value is -3.06. The highest BCUT2D eigenvalue weighted by atomic mass is 79.9. The molecule has 0 unspecified atom stereocenters. The molecule has 0 atom stereocenters. The molecule has 0 saturated carbocycles. The number of carbonyl (C=O) groups is 1. The number of hydrogen-bond donors (Lipinski definition) is 0. The van der Waals surface area contributed by atoms with Gasteiger partial charge in [0, 0.05) is 11.4 Å². The summed E-state index contributed by atoms with van der Waals surface area (Å²) in [6.45, 7) is 4.19. The van der Waals surface area contributed by atoms with Gasteiger partial charge >= 0.3 is 0 Å². The first-order valence-corrected chi connectivity index (χ1v) is 12.3. The summed E-state index contributed by atoms with van der Waals surface area (Å²) in [6.07, 6.45) is 1.80. The van der Waals surface area contributed by atoms with E-state index in [0.717, 1.165) is 22.5 Å². The molecule has 1 aromatic heterocycles. The molecule has 1 amide bonds. The minimum absolute atomic E-state index is 0.173. The zero-order valence-corrected chi connectivity index (χ0v) is 21.9. The summed E-state index contributed by atoms with van der Waals surface area (Å²) in [6, 6.07) is 16.9. The van der Waals surface area contributed by atoms with Gasteiger partial charge in [0.05, 0.1) is 28.1 Å². The number of carbonyl (C=O) groups excluding carboxylic acids is 1. The number of ether oxygens (including phenoxy) is 2. The van der Waals surface area contributed by atoms with Gasteiger partial charge in [0.15, 0.2) is 15.8 Å². The third-order valence-corrected chi connectivity index (χ3v) is 7.09. The number of nitriles is 1. The molecular weight excluding hydrogens is 534 g/mol. The van der Waals surface area contributed by atoms with E-state index in [1.54, 1.807) is 25.3 Å². The Morgan fingerprint density at radius 1 is 1.15 bits per heavy atom. The Labute approximate surface area is 215 Å². The first kappa shape index (κ1) is 24.1. The van der Waals surface area contributed by atoms with Crippen molar-refractivity contribution in [3.63, 3.8) is 0 Å². The van der Waals surface area contributed by atoms with Crippen LogP contribution in [0.3, 0.4) is 0 Å². The predicted octanol–water partition coefficient (Wildman–Crippen LogP) is 5.86. The lowest BCUT2D eigenvalue weighted by Crippen LogP contribution is -2.39. The Bertz CT molecular complexity index is 1340. The molecule has 0 aliphatic carbocycles. The number of thiocarbonyl (C=S) groups is 1. The molecule has 0 N–H and O–H groups in total. The van der Waals surface area contributed by atoms with E-state index < -0.39 is 0 Å². The smallest absolute Gasteiger partial charge is 0.285 e. The van der Waals surface area contributed by atoms with E-state index in [-0.39, 0.29) is 5.91 Å². The predicted molar refractivity (Wildman–Crippen MR) is 141 cm³/mol. The van der Waals surface area contributed by atoms with Crippen molar-refractivity contribution in [2.45, 2.75) is 20.5 Å². The second kappa shape index (κ2) is 10.1. The lowest BCUT2D eigenvalue weighted by molar-refractivity contribution is -0.114. The first-order valence-electron chi connectivity index (χ1n) is 10.2. The molecule has 6 nitrogen and oxygen atoms in total. The highest BCUT2D eigenvalue weighted by molar-refractivity contribution is 9.10. The van der Waals surface area contributed by atoms with E-state index in [4.69, 9.17) is 27.0 Å². The van der Waals surface area contributed by atoms with Crippen LogP contribution in [0.25, 0.3) is 6.08 Å². The van der Waals surface area contributed by atoms with E-state index >= 15 is 0 Å². The quantitative estimate of drug-likeness (QED) is 0.281. The average molecular weight is 554 g/mol.